The Bertz CT molecular complexity index is 370. The number of carbonyl (C=O) groups excluding carboxylic acids is 1. The SMILES string of the molecule is COC(=O)c1ccc(C)nc1C1CC1. The van der Waals surface area contributed by atoms with Crippen LogP contribution in [0.5, 0.6) is 0 Å². The first-order chi connectivity index (χ1) is 6.72. The molecule has 74 valence electrons. The molecule has 1 fully saturated rings. The summed E-state index contributed by atoms with van der Waals surface area (Å²) in [6.45, 7) is 1.94. The summed E-state index contributed by atoms with van der Waals surface area (Å²) in [5.41, 5.74) is 2.50. The van der Waals surface area contributed by atoms with Crippen molar-refractivity contribution in [3.05, 3.63) is 29.1 Å². The van der Waals surface area contributed by atoms with Crippen LogP contribution in [0.1, 0.15) is 40.5 Å². The molecule has 0 bridgehead atoms. The molecular weight excluding hydrogens is 178 g/mol. The van der Waals surface area contributed by atoms with Gasteiger partial charge < -0.3 is 4.74 Å². The Kier molecular flexibility index (Phi) is 2.23. The largest absolute Gasteiger partial charge is 0.465 e. The average Bonchev–Trinajstić information content (AvgIpc) is 3.00. The van der Waals surface area contributed by atoms with E-state index in [0.29, 0.717) is 11.5 Å². The Hall–Kier alpha value is -1.38. The molecule has 1 aliphatic rings. The fraction of sp³-hybridized carbons (Fsp3) is 0.455. The number of nitrogens with zero attached hydrogens (tertiary/aromatic N) is 1. The molecule has 0 unspecified atom stereocenters. The molecule has 0 radical (unpaired) electrons. The number of ether oxygens (including phenoxy) is 1. The number of esters is 1. The Labute approximate surface area is 83.1 Å². The van der Waals surface area contributed by atoms with Gasteiger partial charge in [-0.3, -0.25) is 4.98 Å². The number of hydrogen-bond donors (Lipinski definition) is 0. The van der Waals surface area contributed by atoms with Gasteiger partial charge in [-0.1, -0.05) is 0 Å². The van der Waals surface area contributed by atoms with Crippen LogP contribution in [0.3, 0.4) is 0 Å². The van der Waals surface area contributed by atoms with Gasteiger partial charge >= 0.3 is 5.97 Å². The van der Waals surface area contributed by atoms with E-state index in [0.717, 1.165) is 24.2 Å². The van der Waals surface area contributed by atoms with Gasteiger partial charge in [-0.25, -0.2) is 4.79 Å². The molecule has 0 aromatic carbocycles. The van der Waals surface area contributed by atoms with E-state index in [2.05, 4.69) is 4.98 Å². The number of aromatic nitrogens is 1. The van der Waals surface area contributed by atoms with Crippen molar-refractivity contribution in [2.24, 2.45) is 0 Å². The van der Waals surface area contributed by atoms with E-state index in [1.54, 1.807) is 0 Å². The van der Waals surface area contributed by atoms with E-state index in [9.17, 15) is 4.79 Å². The average molecular weight is 191 g/mol. The van der Waals surface area contributed by atoms with E-state index in [-0.39, 0.29) is 5.97 Å². The maximum atomic E-state index is 11.4. The van der Waals surface area contributed by atoms with Crippen molar-refractivity contribution >= 4 is 5.97 Å². The van der Waals surface area contributed by atoms with Crippen LogP contribution >= 0.6 is 0 Å². The van der Waals surface area contributed by atoms with Crippen LogP contribution in [0.25, 0.3) is 0 Å². The van der Waals surface area contributed by atoms with Crippen LogP contribution in [0.2, 0.25) is 0 Å². The topological polar surface area (TPSA) is 39.2 Å². The van der Waals surface area contributed by atoms with E-state index in [1.165, 1.54) is 7.11 Å². The van der Waals surface area contributed by atoms with Gasteiger partial charge in [0.25, 0.3) is 0 Å². The second-order valence-corrected chi connectivity index (χ2v) is 3.65. The van der Waals surface area contributed by atoms with Crippen molar-refractivity contribution in [3.63, 3.8) is 0 Å². The van der Waals surface area contributed by atoms with Gasteiger partial charge in [0.1, 0.15) is 0 Å². The van der Waals surface area contributed by atoms with E-state index >= 15 is 0 Å². The molecule has 1 aliphatic carbocycles. The normalized spacial score (nSPS) is 15.3. The standard InChI is InChI=1S/C11H13NO2/c1-7-3-6-9(11(13)14-2)10(12-7)8-4-5-8/h3,6,8H,4-5H2,1-2H3. The van der Waals surface area contributed by atoms with Gasteiger partial charge in [-0.2, -0.15) is 0 Å². The molecule has 2 rings (SSSR count). The summed E-state index contributed by atoms with van der Waals surface area (Å²) < 4.78 is 4.72. The van der Waals surface area contributed by atoms with E-state index < -0.39 is 0 Å². The molecule has 14 heavy (non-hydrogen) atoms. The molecule has 0 saturated heterocycles. The maximum absolute atomic E-state index is 11.4. The summed E-state index contributed by atoms with van der Waals surface area (Å²) in [4.78, 5) is 15.8. The third-order valence-corrected chi connectivity index (χ3v) is 2.43. The lowest BCUT2D eigenvalue weighted by Gasteiger charge is -2.06. The summed E-state index contributed by atoms with van der Waals surface area (Å²) >= 11 is 0. The van der Waals surface area contributed by atoms with Crippen molar-refractivity contribution in [1.29, 1.82) is 0 Å². The zero-order valence-electron chi connectivity index (χ0n) is 8.41. The highest BCUT2D eigenvalue weighted by Crippen LogP contribution is 2.40. The molecule has 0 aliphatic heterocycles. The number of carbonyl (C=O) groups is 1. The van der Waals surface area contributed by atoms with Crippen LogP contribution < -0.4 is 0 Å². The summed E-state index contributed by atoms with van der Waals surface area (Å²) in [7, 11) is 1.40. The van der Waals surface area contributed by atoms with Crippen molar-refractivity contribution in [3.8, 4) is 0 Å². The molecule has 0 atom stereocenters. The molecule has 0 amide bonds. The van der Waals surface area contributed by atoms with Crippen molar-refractivity contribution < 1.29 is 9.53 Å². The molecule has 1 heterocycles. The van der Waals surface area contributed by atoms with Crippen LogP contribution in [0, 0.1) is 6.92 Å². The van der Waals surface area contributed by atoms with Crippen LogP contribution in [-0.4, -0.2) is 18.1 Å². The molecule has 3 heteroatoms. The number of methoxy groups -OCH3 is 1. The van der Waals surface area contributed by atoms with Crippen molar-refractivity contribution in [2.75, 3.05) is 7.11 Å². The highest BCUT2D eigenvalue weighted by Gasteiger charge is 2.29. The van der Waals surface area contributed by atoms with E-state index in [1.807, 2.05) is 19.1 Å². The maximum Gasteiger partial charge on any atom is 0.339 e. The van der Waals surface area contributed by atoms with Crippen molar-refractivity contribution in [1.82, 2.24) is 4.98 Å². The van der Waals surface area contributed by atoms with Gasteiger partial charge in [-0.05, 0) is 31.9 Å². The minimum Gasteiger partial charge on any atom is -0.465 e. The Balaban J connectivity index is 2.42. The van der Waals surface area contributed by atoms with Gasteiger partial charge in [0.2, 0.25) is 0 Å². The third-order valence-electron chi connectivity index (χ3n) is 2.43. The van der Waals surface area contributed by atoms with E-state index in [4.69, 9.17) is 4.74 Å². The summed E-state index contributed by atoms with van der Waals surface area (Å²) in [5, 5.41) is 0. The Morgan fingerprint density at radius 3 is 2.79 bits per heavy atom. The molecule has 1 saturated carbocycles. The molecule has 3 nitrogen and oxygen atoms in total. The van der Waals surface area contributed by atoms with Crippen LogP contribution in [0.4, 0.5) is 0 Å². The third kappa shape index (κ3) is 1.62. The zero-order chi connectivity index (χ0) is 10.1. The first-order valence-corrected chi connectivity index (χ1v) is 4.78. The summed E-state index contributed by atoms with van der Waals surface area (Å²) in [6.07, 6.45) is 2.28. The first-order valence-electron chi connectivity index (χ1n) is 4.78. The number of hydrogen-bond acceptors (Lipinski definition) is 3. The lowest BCUT2D eigenvalue weighted by molar-refractivity contribution is 0.0599. The predicted molar refractivity (Wildman–Crippen MR) is 52.3 cm³/mol. The minimum atomic E-state index is -0.278. The summed E-state index contributed by atoms with van der Waals surface area (Å²) in [6, 6.07) is 3.65. The minimum absolute atomic E-state index is 0.278. The van der Waals surface area contributed by atoms with Gasteiger partial charge in [-0.15, -0.1) is 0 Å². The molecule has 0 spiro atoms. The lowest BCUT2D eigenvalue weighted by Crippen LogP contribution is -2.07. The highest BCUT2D eigenvalue weighted by molar-refractivity contribution is 5.90. The lowest BCUT2D eigenvalue weighted by atomic mass is 10.1. The second kappa shape index (κ2) is 3.40. The van der Waals surface area contributed by atoms with Gasteiger partial charge in [0.05, 0.1) is 18.4 Å². The van der Waals surface area contributed by atoms with Crippen LogP contribution in [-0.2, 0) is 4.74 Å². The van der Waals surface area contributed by atoms with Gasteiger partial charge in [0, 0.05) is 11.6 Å². The highest BCUT2D eigenvalue weighted by atomic mass is 16.5. The molecule has 0 N–H and O–H groups in total. The molecule has 1 aromatic heterocycles. The zero-order valence-corrected chi connectivity index (χ0v) is 8.41. The quantitative estimate of drug-likeness (QED) is 0.671. The monoisotopic (exact) mass is 191 g/mol. The molecule has 1 aromatic rings. The smallest absolute Gasteiger partial charge is 0.339 e. The Morgan fingerprint density at radius 2 is 2.21 bits per heavy atom. The Morgan fingerprint density at radius 1 is 1.50 bits per heavy atom. The number of rotatable bonds is 2. The first kappa shape index (κ1) is 9.19. The van der Waals surface area contributed by atoms with Crippen molar-refractivity contribution in [2.45, 2.75) is 25.7 Å². The predicted octanol–water partition coefficient (Wildman–Crippen LogP) is 2.05. The van der Waals surface area contributed by atoms with Crippen LogP contribution in [0.15, 0.2) is 12.1 Å². The fourth-order valence-corrected chi connectivity index (χ4v) is 1.53. The second-order valence-electron chi connectivity index (χ2n) is 3.65. The number of aryl methyl sites for hydroxylation is 1. The summed E-state index contributed by atoms with van der Waals surface area (Å²) in [5.74, 6) is 0.198. The van der Waals surface area contributed by atoms with Gasteiger partial charge in [0.15, 0.2) is 0 Å². The molecular formula is C11H13NO2. The fourth-order valence-electron chi connectivity index (χ4n) is 1.53. The number of pyridine rings is 1.